The molecule has 2 N–H and O–H groups in total. The molecule has 0 aliphatic rings. The molecule has 20 heavy (non-hydrogen) atoms. The van der Waals surface area contributed by atoms with Crippen LogP contribution < -0.4 is 15.1 Å². The molecule has 2 aromatic carbocycles. The summed E-state index contributed by atoms with van der Waals surface area (Å²) in [5.74, 6) is -0.108. The van der Waals surface area contributed by atoms with Crippen molar-refractivity contribution in [3.63, 3.8) is 0 Å². The first kappa shape index (κ1) is 14.4. The molecule has 0 saturated carbocycles. The number of hydrogen-bond acceptors (Lipinski definition) is 4. The van der Waals surface area contributed by atoms with E-state index in [0.29, 0.717) is 5.75 Å². The lowest BCUT2D eigenvalue weighted by Gasteiger charge is -2.14. The van der Waals surface area contributed by atoms with Crippen LogP contribution in [0.2, 0.25) is 0 Å². The first-order valence-electron chi connectivity index (χ1n) is 6.08. The Hall–Kier alpha value is -2.05. The molecule has 0 amide bonds. The first-order chi connectivity index (χ1) is 9.47. The molecule has 0 aliphatic heterocycles. The summed E-state index contributed by atoms with van der Waals surface area (Å²) < 4.78 is 19.3. The average Bonchev–Trinajstić information content (AvgIpc) is 2.41. The fourth-order valence-corrected chi connectivity index (χ4v) is 1.71. The molecular formula is C14H15BFNO3. The average molecular weight is 275 g/mol. The van der Waals surface area contributed by atoms with Crippen molar-refractivity contribution < 1.29 is 19.2 Å². The van der Waals surface area contributed by atoms with Crippen LogP contribution in [0.5, 0.6) is 11.5 Å². The molecule has 6 heteroatoms. The predicted octanol–water partition coefficient (Wildman–Crippen LogP) is 1.36. The number of nitrogens with zero attached hydrogens (tertiary/aromatic N) is 1. The smallest absolute Gasteiger partial charge is 0.454 e. The van der Waals surface area contributed by atoms with Gasteiger partial charge in [0.15, 0.2) is 11.6 Å². The largest absolute Gasteiger partial charge is 0.488 e. The molecule has 0 bridgehead atoms. The summed E-state index contributed by atoms with van der Waals surface area (Å²) in [6, 6.07) is 11.0. The van der Waals surface area contributed by atoms with Crippen molar-refractivity contribution >= 4 is 18.3 Å². The highest BCUT2D eigenvalue weighted by Crippen LogP contribution is 2.26. The van der Waals surface area contributed by atoms with Crippen LogP contribution in [0.3, 0.4) is 0 Å². The number of anilines is 1. The molecule has 0 saturated heterocycles. The SMILES string of the molecule is CN(C)c1cccc(Oc2ccc(B(O)O)cc2F)c1. The number of halogens is 1. The maximum Gasteiger partial charge on any atom is 0.488 e. The van der Waals surface area contributed by atoms with E-state index in [4.69, 9.17) is 14.8 Å². The third kappa shape index (κ3) is 3.29. The van der Waals surface area contributed by atoms with E-state index in [0.717, 1.165) is 11.8 Å². The van der Waals surface area contributed by atoms with Gasteiger partial charge in [-0.05, 0) is 29.7 Å². The summed E-state index contributed by atoms with van der Waals surface area (Å²) in [5.41, 5.74) is 1.02. The summed E-state index contributed by atoms with van der Waals surface area (Å²) in [5, 5.41) is 17.9. The zero-order valence-corrected chi connectivity index (χ0v) is 11.2. The molecule has 0 atom stereocenters. The van der Waals surface area contributed by atoms with Crippen molar-refractivity contribution in [2.75, 3.05) is 19.0 Å². The van der Waals surface area contributed by atoms with Crippen LogP contribution in [0.4, 0.5) is 10.1 Å². The lowest BCUT2D eigenvalue weighted by Crippen LogP contribution is -2.29. The van der Waals surface area contributed by atoms with Crippen molar-refractivity contribution in [1.29, 1.82) is 0 Å². The zero-order valence-electron chi connectivity index (χ0n) is 11.2. The fraction of sp³-hybridized carbons (Fsp3) is 0.143. The van der Waals surface area contributed by atoms with Gasteiger partial charge >= 0.3 is 7.12 Å². The molecule has 4 nitrogen and oxygen atoms in total. The maximum atomic E-state index is 13.8. The Bertz CT molecular complexity index is 605. The summed E-state index contributed by atoms with van der Waals surface area (Å²) in [4.78, 5) is 1.91. The van der Waals surface area contributed by atoms with Crippen LogP contribution in [0.15, 0.2) is 42.5 Å². The van der Waals surface area contributed by atoms with E-state index in [2.05, 4.69) is 0 Å². The second kappa shape index (κ2) is 5.94. The van der Waals surface area contributed by atoms with Gasteiger partial charge in [0.05, 0.1) is 0 Å². The first-order valence-corrected chi connectivity index (χ1v) is 6.08. The molecule has 0 heterocycles. The van der Waals surface area contributed by atoms with Crippen molar-refractivity contribution in [1.82, 2.24) is 0 Å². The minimum absolute atomic E-state index is 0.0327. The van der Waals surface area contributed by atoms with Gasteiger partial charge in [-0.1, -0.05) is 12.1 Å². The molecule has 2 aromatic rings. The lowest BCUT2D eigenvalue weighted by molar-refractivity contribution is 0.423. The van der Waals surface area contributed by atoms with Crippen LogP contribution >= 0.6 is 0 Å². The van der Waals surface area contributed by atoms with E-state index in [1.165, 1.54) is 12.1 Å². The lowest BCUT2D eigenvalue weighted by atomic mass is 9.80. The molecule has 0 spiro atoms. The van der Waals surface area contributed by atoms with Gasteiger partial charge < -0.3 is 19.7 Å². The Labute approximate surface area is 117 Å². The molecular weight excluding hydrogens is 260 g/mol. The molecule has 2 rings (SSSR count). The van der Waals surface area contributed by atoms with E-state index in [9.17, 15) is 4.39 Å². The minimum atomic E-state index is -1.70. The third-order valence-corrected chi connectivity index (χ3v) is 2.82. The van der Waals surface area contributed by atoms with Crippen LogP contribution in [0.1, 0.15) is 0 Å². The van der Waals surface area contributed by atoms with Gasteiger partial charge in [0.2, 0.25) is 0 Å². The van der Waals surface area contributed by atoms with E-state index in [1.54, 1.807) is 12.1 Å². The van der Waals surface area contributed by atoms with Crippen LogP contribution in [0, 0.1) is 5.82 Å². The number of rotatable bonds is 4. The molecule has 104 valence electrons. The standard InChI is InChI=1S/C14H15BFNO3/c1-17(2)11-4-3-5-12(9-11)20-14-7-6-10(15(18)19)8-13(14)16/h3-9,18-19H,1-2H3. The monoisotopic (exact) mass is 275 g/mol. The summed E-state index contributed by atoms with van der Waals surface area (Å²) in [6.45, 7) is 0. The predicted molar refractivity (Wildman–Crippen MR) is 77.1 cm³/mol. The van der Waals surface area contributed by atoms with E-state index >= 15 is 0 Å². The van der Waals surface area contributed by atoms with Crippen molar-refractivity contribution in [3.8, 4) is 11.5 Å². The molecule has 0 fully saturated rings. The summed E-state index contributed by atoms with van der Waals surface area (Å²) in [7, 11) is 2.10. The Balaban J connectivity index is 2.24. The quantitative estimate of drug-likeness (QED) is 0.827. The van der Waals surface area contributed by atoms with Gasteiger partial charge in [-0.25, -0.2) is 4.39 Å². The Morgan fingerprint density at radius 2 is 1.85 bits per heavy atom. The van der Waals surface area contributed by atoms with E-state index in [-0.39, 0.29) is 11.2 Å². The number of benzene rings is 2. The molecule has 0 aliphatic carbocycles. The second-order valence-electron chi connectivity index (χ2n) is 4.56. The minimum Gasteiger partial charge on any atom is -0.454 e. The Morgan fingerprint density at radius 3 is 2.45 bits per heavy atom. The van der Waals surface area contributed by atoms with Crippen LogP contribution in [-0.2, 0) is 0 Å². The zero-order chi connectivity index (χ0) is 14.7. The third-order valence-electron chi connectivity index (χ3n) is 2.82. The van der Waals surface area contributed by atoms with Gasteiger partial charge in [0.25, 0.3) is 0 Å². The number of ether oxygens (including phenoxy) is 1. The van der Waals surface area contributed by atoms with E-state index in [1.807, 2.05) is 31.1 Å². The second-order valence-corrected chi connectivity index (χ2v) is 4.56. The molecule has 0 radical (unpaired) electrons. The van der Waals surface area contributed by atoms with E-state index < -0.39 is 12.9 Å². The highest BCUT2D eigenvalue weighted by molar-refractivity contribution is 6.58. The summed E-state index contributed by atoms with van der Waals surface area (Å²) >= 11 is 0. The van der Waals surface area contributed by atoms with Crippen molar-refractivity contribution in [2.45, 2.75) is 0 Å². The highest BCUT2D eigenvalue weighted by atomic mass is 19.1. The van der Waals surface area contributed by atoms with Gasteiger partial charge in [0, 0.05) is 25.8 Å². The van der Waals surface area contributed by atoms with Gasteiger partial charge in [0.1, 0.15) is 5.75 Å². The number of hydrogen-bond donors (Lipinski definition) is 2. The van der Waals surface area contributed by atoms with Gasteiger partial charge in [-0.3, -0.25) is 0 Å². The highest BCUT2D eigenvalue weighted by Gasteiger charge is 2.14. The summed E-state index contributed by atoms with van der Waals surface area (Å²) in [6.07, 6.45) is 0. The van der Waals surface area contributed by atoms with Crippen molar-refractivity contribution in [3.05, 3.63) is 48.3 Å². The normalized spacial score (nSPS) is 10.2. The fourth-order valence-electron chi connectivity index (χ4n) is 1.71. The molecule has 0 unspecified atom stereocenters. The van der Waals surface area contributed by atoms with Gasteiger partial charge in [-0.15, -0.1) is 0 Å². The van der Waals surface area contributed by atoms with Crippen LogP contribution in [0.25, 0.3) is 0 Å². The van der Waals surface area contributed by atoms with Crippen molar-refractivity contribution in [2.24, 2.45) is 0 Å². The van der Waals surface area contributed by atoms with Gasteiger partial charge in [-0.2, -0.15) is 0 Å². The Kier molecular flexibility index (Phi) is 4.27. The topological polar surface area (TPSA) is 52.9 Å². The molecule has 0 aromatic heterocycles. The van der Waals surface area contributed by atoms with Crippen LogP contribution in [-0.4, -0.2) is 31.3 Å². The maximum absolute atomic E-state index is 13.8. The Morgan fingerprint density at radius 1 is 1.10 bits per heavy atom.